The first kappa shape index (κ1) is 18.6. The van der Waals surface area contributed by atoms with E-state index in [0.29, 0.717) is 18.3 Å². The van der Waals surface area contributed by atoms with Crippen LogP contribution in [0.25, 0.3) is 0 Å². The third kappa shape index (κ3) is 8.37. The molecule has 0 heterocycles. The van der Waals surface area contributed by atoms with E-state index in [1.165, 1.54) is 0 Å². The molecule has 6 heteroatoms. The summed E-state index contributed by atoms with van der Waals surface area (Å²) >= 11 is 7.48. The van der Waals surface area contributed by atoms with Crippen molar-refractivity contribution in [3.8, 4) is 0 Å². The second-order valence-corrected chi connectivity index (χ2v) is 5.54. The van der Waals surface area contributed by atoms with Crippen LogP contribution < -0.4 is 10.6 Å². The van der Waals surface area contributed by atoms with E-state index >= 15 is 0 Å². The van der Waals surface area contributed by atoms with Gasteiger partial charge < -0.3 is 10.6 Å². The molecule has 3 nitrogen and oxygen atoms in total. The molecule has 19 heavy (non-hydrogen) atoms. The molecule has 0 aliphatic carbocycles. The Hall–Kier alpha value is -0.420. The highest BCUT2D eigenvalue weighted by atomic mass is 35.5. The Balaban J connectivity index is 0.00000324. The van der Waals surface area contributed by atoms with Gasteiger partial charge in [0.15, 0.2) is 0 Å². The minimum atomic E-state index is 0. The lowest BCUT2D eigenvalue weighted by Gasteiger charge is -2.11. The molecular weight excluding hydrogens is 303 g/mol. The first-order valence-electron chi connectivity index (χ1n) is 5.88. The van der Waals surface area contributed by atoms with Crippen LogP contribution in [0.4, 0.5) is 0 Å². The van der Waals surface area contributed by atoms with Crippen molar-refractivity contribution < 1.29 is 4.79 Å². The number of likely N-dealkylation sites (N-methyl/N-ethyl adjacent to an activating group) is 1. The summed E-state index contributed by atoms with van der Waals surface area (Å²) in [6.45, 7) is 2.69. The molecule has 108 valence electrons. The second kappa shape index (κ2) is 10.4. The number of hydrogen-bond donors (Lipinski definition) is 2. The minimum absolute atomic E-state index is 0. The van der Waals surface area contributed by atoms with Crippen molar-refractivity contribution in [3.63, 3.8) is 0 Å². The quantitative estimate of drug-likeness (QED) is 0.811. The maximum atomic E-state index is 11.5. The fourth-order valence-corrected chi connectivity index (χ4v) is 2.33. The van der Waals surface area contributed by atoms with Crippen molar-refractivity contribution in [2.45, 2.75) is 18.7 Å². The zero-order valence-electron chi connectivity index (χ0n) is 11.1. The summed E-state index contributed by atoms with van der Waals surface area (Å²) < 4.78 is 0. The van der Waals surface area contributed by atoms with Gasteiger partial charge in [-0.15, -0.1) is 24.2 Å². The number of carbonyl (C=O) groups is 1. The number of hydrogen-bond acceptors (Lipinski definition) is 3. The normalized spacial score (nSPS) is 11.5. The molecule has 0 saturated heterocycles. The van der Waals surface area contributed by atoms with Gasteiger partial charge in [-0.05, 0) is 31.7 Å². The van der Waals surface area contributed by atoms with Crippen molar-refractivity contribution >= 4 is 41.7 Å². The van der Waals surface area contributed by atoms with Gasteiger partial charge in [0.2, 0.25) is 5.91 Å². The van der Waals surface area contributed by atoms with Crippen molar-refractivity contribution in [2.24, 2.45) is 0 Å². The third-order valence-corrected chi connectivity index (χ3v) is 3.73. The molecule has 0 spiro atoms. The van der Waals surface area contributed by atoms with E-state index in [0.717, 1.165) is 16.3 Å². The molecule has 0 radical (unpaired) electrons. The van der Waals surface area contributed by atoms with Crippen LogP contribution >= 0.6 is 35.8 Å². The molecule has 1 amide bonds. The number of thioether (sulfide) groups is 1. The molecule has 2 N–H and O–H groups in total. The summed E-state index contributed by atoms with van der Waals surface area (Å²) in [7, 11) is 1.88. The van der Waals surface area contributed by atoms with Gasteiger partial charge >= 0.3 is 0 Å². The van der Waals surface area contributed by atoms with Gasteiger partial charge in [-0.2, -0.15) is 0 Å². The van der Waals surface area contributed by atoms with Crippen LogP contribution in [0.3, 0.4) is 0 Å². The molecule has 0 fully saturated rings. The minimum Gasteiger partial charge on any atom is -0.354 e. The van der Waals surface area contributed by atoms with Gasteiger partial charge in [0.25, 0.3) is 0 Å². The Kier molecular flexibility index (Phi) is 10.1. The summed E-state index contributed by atoms with van der Waals surface area (Å²) in [5.74, 6) is 1.35. The van der Waals surface area contributed by atoms with E-state index in [9.17, 15) is 4.79 Å². The summed E-state index contributed by atoms with van der Waals surface area (Å²) in [6, 6.07) is 8.01. The predicted octanol–water partition coefficient (Wildman–Crippen LogP) is 2.72. The van der Waals surface area contributed by atoms with Crippen LogP contribution in [0, 0.1) is 0 Å². The number of rotatable bonds is 7. The summed E-state index contributed by atoms with van der Waals surface area (Å²) in [5.41, 5.74) is 1.14. The monoisotopic (exact) mass is 322 g/mol. The number of benzene rings is 1. The maximum absolute atomic E-state index is 11.5. The fourth-order valence-electron chi connectivity index (χ4n) is 1.31. The van der Waals surface area contributed by atoms with Crippen LogP contribution in [0.15, 0.2) is 24.3 Å². The number of amides is 1. The van der Waals surface area contributed by atoms with Gasteiger partial charge in [0.05, 0.1) is 5.75 Å². The summed E-state index contributed by atoms with van der Waals surface area (Å²) in [4.78, 5) is 11.5. The Morgan fingerprint density at radius 3 is 2.84 bits per heavy atom. The molecule has 0 aliphatic heterocycles. The molecule has 1 atom stereocenters. The van der Waals surface area contributed by atoms with Gasteiger partial charge in [0, 0.05) is 23.4 Å². The van der Waals surface area contributed by atoms with E-state index < -0.39 is 0 Å². The Labute approximate surface area is 130 Å². The van der Waals surface area contributed by atoms with Crippen molar-refractivity contribution in [2.75, 3.05) is 19.3 Å². The Bertz CT molecular complexity index is 391. The molecule has 0 bridgehead atoms. The van der Waals surface area contributed by atoms with Gasteiger partial charge in [-0.25, -0.2) is 0 Å². The fraction of sp³-hybridized carbons (Fsp3) is 0.462. The summed E-state index contributed by atoms with van der Waals surface area (Å²) in [5, 5.41) is 6.69. The molecule has 0 aromatic heterocycles. The van der Waals surface area contributed by atoms with Crippen molar-refractivity contribution in [1.82, 2.24) is 10.6 Å². The Morgan fingerprint density at radius 1 is 1.47 bits per heavy atom. The van der Waals surface area contributed by atoms with Crippen LogP contribution in [0.2, 0.25) is 5.02 Å². The second-order valence-electron chi connectivity index (χ2n) is 4.12. The molecular formula is C13H20Cl2N2OS. The van der Waals surface area contributed by atoms with Gasteiger partial charge in [-0.3, -0.25) is 4.79 Å². The lowest BCUT2D eigenvalue weighted by molar-refractivity contribution is -0.118. The topological polar surface area (TPSA) is 41.1 Å². The largest absolute Gasteiger partial charge is 0.354 e. The van der Waals surface area contributed by atoms with E-state index in [1.54, 1.807) is 11.8 Å². The first-order chi connectivity index (χ1) is 8.61. The molecule has 1 aromatic rings. The number of carbonyl (C=O) groups excluding carboxylic acids is 1. The van der Waals surface area contributed by atoms with Crippen molar-refractivity contribution in [1.29, 1.82) is 0 Å². The predicted molar refractivity (Wildman–Crippen MR) is 86.4 cm³/mol. The third-order valence-electron chi connectivity index (χ3n) is 2.49. The molecule has 0 aliphatic rings. The van der Waals surface area contributed by atoms with Crippen LogP contribution in [-0.2, 0) is 10.5 Å². The summed E-state index contributed by atoms with van der Waals surface area (Å²) in [6.07, 6.45) is 0. The SMILES string of the molecule is CNC(C)CNC(=O)CSCc1cccc(Cl)c1.Cl. The lowest BCUT2D eigenvalue weighted by Crippen LogP contribution is -2.37. The van der Waals surface area contributed by atoms with E-state index in [1.807, 2.05) is 38.2 Å². The first-order valence-corrected chi connectivity index (χ1v) is 7.41. The van der Waals surface area contributed by atoms with E-state index in [2.05, 4.69) is 10.6 Å². The van der Waals surface area contributed by atoms with Crippen LogP contribution in [-0.4, -0.2) is 31.3 Å². The zero-order valence-corrected chi connectivity index (χ0v) is 13.5. The maximum Gasteiger partial charge on any atom is 0.230 e. The van der Waals surface area contributed by atoms with Crippen LogP contribution in [0.1, 0.15) is 12.5 Å². The lowest BCUT2D eigenvalue weighted by atomic mass is 10.2. The van der Waals surface area contributed by atoms with Gasteiger partial charge in [-0.1, -0.05) is 23.7 Å². The zero-order chi connectivity index (χ0) is 13.4. The van der Waals surface area contributed by atoms with Crippen molar-refractivity contribution in [3.05, 3.63) is 34.9 Å². The number of halogens is 2. The highest BCUT2D eigenvalue weighted by molar-refractivity contribution is 7.99. The molecule has 1 rings (SSSR count). The van der Waals surface area contributed by atoms with Gasteiger partial charge in [0.1, 0.15) is 0 Å². The molecule has 1 aromatic carbocycles. The Morgan fingerprint density at radius 2 is 2.21 bits per heavy atom. The average molecular weight is 323 g/mol. The smallest absolute Gasteiger partial charge is 0.230 e. The molecule has 1 unspecified atom stereocenters. The number of nitrogens with one attached hydrogen (secondary N) is 2. The van der Waals surface area contributed by atoms with E-state index in [-0.39, 0.29) is 18.3 Å². The van der Waals surface area contributed by atoms with E-state index in [4.69, 9.17) is 11.6 Å². The molecule has 0 saturated carbocycles. The van der Waals surface area contributed by atoms with Crippen LogP contribution in [0.5, 0.6) is 0 Å². The highest BCUT2D eigenvalue weighted by Crippen LogP contribution is 2.16. The standard InChI is InChI=1S/C13H19ClN2OS.ClH/c1-10(15-2)7-16-13(17)9-18-8-11-4-3-5-12(14)6-11;/h3-6,10,15H,7-9H2,1-2H3,(H,16,17);1H. The average Bonchev–Trinajstić information content (AvgIpc) is 2.36. The highest BCUT2D eigenvalue weighted by Gasteiger charge is 2.04.